The van der Waals surface area contributed by atoms with Crippen molar-refractivity contribution in [3.63, 3.8) is 0 Å². The maximum absolute atomic E-state index is 14.0. The SMILES string of the molecule is CC[C@H](c1c(F)ccc(Cl)c1O)N1CCNCC1.Cl.Cl. The minimum atomic E-state index is -0.387. The van der Waals surface area contributed by atoms with Crippen LogP contribution in [0.5, 0.6) is 5.75 Å². The summed E-state index contributed by atoms with van der Waals surface area (Å²) in [5.74, 6) is -0.510. The largest absolute Gasteiger partial charge is 0.506 e. The van der Waals surface area contributed by atoms with Crippen LogP contribution in [0.15, 0.2) is 12.1 Å². The summed E-state index contributed by atoms with van der Waals surface area (Å²) in [5.41, 5.74) is 0.326. The van der Waals surface area contributed by atoms with Crippen LogP contribution in [0.1, 0.15) is 24.9 Å². The van der Waals surface area contributed by atoms with Crippen LogP contribution in [-0.4, -0.2) is 36.2 Å². The van der Waals surface area contributed by atoms with Gasteiger partial charge in [0.05, 0.1) is 5.02 Å². The maximum atomic E-state index is 14.0. The molecule has 0 aliphatic carbocycles. The van der Waals surface area contributed by atoms with E-state index in [9.17, 15) is 9.50 Å². The predicted octanol–water partition coefficient (Wildman–Crippen LogP) is 3.38. The Kier molecular flexibility index (Phi) is 8.79. The molecule has 1 fully saturated rings. The molecule has 0 radical (unpaired) electrons. The average Bonchev–Trinajstić information content (AvgIpc) is 2.40. The summed E-state index contributed by atoms with van der Waals surface area (Å²) in [6.07, 6.45) is 0.741. The lowest BCUT2D eigenvalue weighted by molar-refractivity contribution is 0.163. The third-order valence-corrected chi connectivity index (χ3v) is 3.73. The number of nitrogens with zero attached hydrogens (tertiary/aromatic N) is 1. The van der Waals surface area contributed by atoms with Crippen LogP contribution in [0.4, 0.5) is 4.39 Å². The van der Waals surface area contributed by atoms with E-state index in [0.29, 0.717) is 5.56 Å². The zero-order valence-electron chi connectivity index (χ0n) is 11.2. The highest BCUT2D eigenvalue weighted by atomic mass is 35.5. The number of nitrogens with one attached hydrogen (secondary N) is 1. The molecule has 0 spiro atoms. The first kappa shape index (κ1) is 19.7. The molecule has 116 valence electrons. The molecular formula is C13H20Cl3FN2O. The van der Waals surface area contributed by atoms with E-state index in [0.717, 1.165) is 32.6 Å². The minimum absolute atomic E-state index is 0. The van der Waals surface area contributed by atoms with E-state index in [1.54, 1.807) is 0 Å². The summed E-state index contributed by atoms with van der Waals surface area (Å²) in [4.78, 5) is 2.19. The Labute approximate surface area is 136 Å². The molecule has 0 unspecified atom stereocenters. The van der Waals surface area contributed by atoms with Crippen LogP contribution >= 0.6 is 36.4 Å². The summed E-state index contributed by atoms with van der Waals surface area (Å²) < 4.78 is 14.0. The van der Waals surface area contributed by atoms with E-state index in [4.69, 9.17) is 11.6 Å². The summed E-state index contributed by atoms with van der Waals surface area (Å²) in [6.45, 7) is 5.47. The van der Waals surface area contributed by atoms with Gasteiger partial charge in [0.15, 0.2) is 0 Å². The standard InChI is InChI=1S/C13H18ClFN2O.2ClH/c1-2-11(17-7-5-16-6-8-17)12-10(15)4-3-9(14)13(12)18;;/h3-4,11,16,18H,2,5-8H2,1H3;2*1H/t11-;;/m1../s1. The first-order valence-electron chi connectivity index (χ1n) is 6.26. The summed E-state index contributed by atoms with van der Waals surface area (Å²) in [6, 6.07) is 2.59. The van der Waals surface area contributed by atoms with Gasteiger partial charge in [-0.2, -0.15) is 0 Å². The van der Waals surface area contributed by atoms with Crippen molar-refractivity contribution in [3.05, 3.63) is 28.5 Å². The van der Waals surface area contributed by atoms with Crippen molar-refractivity contribution in [2.45, 2.75) is 19.4 Å². The third kappa shape index (κ3) is 4.12. The predicted molar refractivity (Wildman–Crippen MR) is 85.0 cm³/mol. The molecule has 0 aromatic heterocycles. The normalized spacial score (nSPS) is 16.9. The lowest BCUT2D eigenvalue weighted by Gasteiger charge is -2.35. The minimum Gasteiger partial charge on any atom is -0.506 e. The molecule has 1 aliphatic rings. The van der Waals surface area contributed by atoms with Gasteiger partial charge in [-0.25, -0.2) is 4.39 Å². The smallest absolute Gasteiger partial charge is 0.141 e. The molecule has 1 atom stereocenters. The molecule has 2 rings (SSSR count). The number of hydrogen-bond acceptors (Lipinski definition) is 3. The van der Waals surface area contributed by atoms with Gasteiger partial charge in [-0.05, 0) is 18.6 Å². The average molecular weight is 346 g/mol. The van der Waals surface area contributed by atoms with Gasteiger partial charge in [0.2, 0.25) is 0 Å². The molecule has 0 saturated carbocycles. The zero-order valence-corrected chi connectivity index (χ0v) is 13.6. The number of benzene rings is 1. The van der Waals surface area contributed by atoms with Gasteiger partial charge in [-0.15, -0.1) is 24.8 Å². The number of phenols is 1. The Balaban J connectivity index is 0.00000180. The maximum Gasteiger partial charge on any atom is 0.141 e. The molecule has 0 amide bonds. The highest BCUT2D eigenvalue weighted by molar-refractivity contribution is 6.32. The molecule has 7 heteroatoms. The highest BCUT2D eigenvalue weighted by Gasteiger charge is 2.26. The monoisotopic (exact) mass is 344 g/mol. The van der Waals surface area contributed by atoms with E-state index in [-0.39, 0.29) is 47.4 Å². The van der Waals surface area contributed by atoms with Crippen molar-refractivity contribution in [2.75, 3.05) is 26.2 Å². The van der Waals surface area contributed by atoms with E-state index in [1.165, 1.54) is 12.1 Å². The van der Waals surface area contributed by atoms with Crippen molar-refractivity contribution >= 4 is 36.4 Å². The van der Waals surface area contributed by atoms with Crippen LogP contribution in [0.3, 0.4) is 0 Å². The van der Waals surface area contributed by atoms with Crippen molar-refractivity contribution in [1.29, 1.82) is 0 Å². The third-order valence-electron chi connectivity index (χ3n) is 3.43. The summed E-state index contributed by atoms with van der Waals surface area (Å²) >= 11 is 5.88. The molecule has 1 heterocycles. The molecule has 0 bridgehead atoms. The molecule has 20 heavy (non-hydrogen) atoms. The second-order valence-corrected chi connectivity index (χ2v) is 4.91. The van der Waals surface area contributed by atoms with Crippen molar-refractivity contribution in [1.82, 2.24) is 10.2 Å². The second kappa shape index (κ2) is 8.90. The van der Waals surface area contributed by atoms with E-state index in [2.05, 4.69) is 10.2 Å². The van der Waals surface area contributed by atoms with Crippen LogP contribution < -0.4 is 5.32 Å². The zero-order chi connectivity index (χ0) is 13.1. The second-order valence-electron chi connectivity index (χ2n) is 4.50. The van der Waals surface area contributed by atoms with E-state index < -0.39 is 0 Å². The van der Waals surface area contributed by atoms with Crippen LogP contribution in [0, 0.1) is 5.82 Å². The van der Waals surface area contributed by atoms with Gasteiger partial charge < -0.3 is 10.4 Å². The van der Waals surface area contributed by atoms with Gasteiger partial charge in [0.25, 0.3) is 0 Å². The molecule has 1 aliphatic heterocycles. The summed E-state index contributed by atoms with van der Waals surface area (Å²) in [7, 11) is 0. The first-order valence-corrected chi connectivity index (χ1v) is 6.64. The molecule has 1 aromatic rings. The fraction of sp³-hybridized carbons (Fsp3) is 0.538. The summed E-state index contributed by atoms with van der Waals surface area (Å²) in [5, 5.41) is 13.5. The number of phenolic OH excluding ortho intramolecular Hbond substituents is 1. The van der Waals surface area contributed by atoms with Crippen molar-refractivity contribution in [3.8, 4) is 5.75 Å². The highest BCUT2D eigenvalue weighted by Crippen LogP contribution is 2.37. The molecular weight excluding hydrogens is 326 g/mol. The molecule has 1 saturated heterocycles. The number of halogens is 4. The van der Waals surface area contributed by atoms with Crippen LogP contribution in [0.2, 0.25) is 5.02 Å². The van der Waals surface area contributed by atoms with Crippen molar-refractivity contribution in [2.24, 2.45) is 0 Å². The van der Waals surface area contributed by atoms with E-state index >= 15 is 0 Å². The van der Waals surface area contributed by atoms with E-state index in [1.807, 2.05) is 6.92 Å². The number of rotatable bonds is 3. The fourth-order valence-electron chi connectivity index (χ4n) is 2.51. The Bertz CT molecular complexity index is 428. The number of hydrogen-bond donors (Lipinski definition) is 2. The number of aromatic hydroxyl groups is 1. The quantitative estimate of drug-likeness (QED) is 0.881. The van der Waals surface area contributed by atoms with Gasteiger partial charge in [0.1, 0.15) is 11.6 Å². The van der Waals surface area contributed by atoms with Gasteiger partial charge >= 0.3 is 0 Å². The molecule has 1 aromatic carbocycles. The first-order chi connectivity index (χ1) is 8.65. The number of piperazine rings is 1. The van der Waals surface area contributed by atoms with Gasteiger partial charge in [-0.3, -0.25) is 4.90 Å². The Hall–Kier alpha value is -0.260. The topological polar surface area (TPSA) is 35.5 Å². The Morgan fingerprint density at radius 1 is 1.35 bits per heavy atom. The van der Waals surface area contributed by atoms with Crippen LogP contribution in [0.25, 0.3) is 0 Å². The fourth-order valence-corrected chi connectivity index (χ4v) is 2.68. The molecule has 2 N–H and O–H groups in total. The lowest BCUT2D eigenvalue weighted by Crippen LogP contribution is -2.45. The van der Waals surface area contributed by atoms with Gasteiger partial charge in [-0.1, -0.05) is 18.5 Å². The van der Waals surface area contributed by atoms with Crippen LogP contribution in [-0.2, 0) is 0 Å². The molecule has 3 nitrogen and oxygen atoms in total. The van der Waals surface area contributed by atoms with Crippen molar-refractivity contribution < 1.29 is 9.50 Å². The Morgan fingerprint density at radius 3 is 2.50 bits per heavy atom. The van der Waals surface area contributed by atoms with Gasteiger partial charge in [0, 0.05) is 37.8 Å². The Morgan fingerprint density at radius 2 is 1.95 bits per heavy atom. The lowest BCUT2D eigenvalue weighted by atomic mass is 10.00.